The summed E-state index contributed by atoms with van der Waals surface area (Å²) in [4.78, 5) is 4.41. The maximum atomic E-state index is 5.97. The Bertz CT molecular complexity index is 364. The molecule has 16 heavy (non-hydrogen) atoms. The van der Waals surface area contributed by atoms with Gasteiger partial charge in [-0.3, -0.25) is 0 Å². The van der Waals surface area contributed by atoms with E-state index in [2.05, 4.69) is 30.2 Å². The molecule has 90 valence electrons. The zero-order chi connectivity index (χ0) is 11.8. The Morgan fingerprint density at radius 3 is 2.88 bits per heavy atom. The van der Waals surface area contributed by atoms with Crippen molar-refractivity contribution >= 4 is 11.8 Å². The first-order valence-corrected chi connectivity index (χ1v) is 7.02. The lowest BCUT2D eigenvalue weighted by atomic mass is 10.1. The third-order valence-electron chi connectivity index (χ3n) is 3.23. The van der Waals surface area contributed by atoms with Crippen LogP contribution in [0.25, 0.3) is 0 Å². The number of hydrogen-bond donors (Lipinski definition) is 1. The molecule has 1 aromatic heterocycles. The van der Waals surface area contributed by atoms with Crippen molar-refractivity contribution in [1.82, 2.24) is 10.1 Å². The lowest BCUT2D eigenvalue weighted by Gasteiger charge is -2.03. The van der Waals surface area contributed by atoms with E-state index in [1.54, 1.807) is 11.8 Å². The normalized spacial score (nSPS) is 24.4. The van der Waals surface area contributed by atoms with Gasteiger partial charge < -0.3 is 10.3 Å². The average Bonchev–Trinajstić information content (AvgIpc) is 2.67. The summed E-state index contributed by atoms with van der Waals surface area (Å²) in [5, 5.41) is 4.03. The highest BCUT2D eigenvalue weighted by molar-refractivity contribution is 7.98. The van der Waals surface area contributed by atoms with Crippen LogP contribution in [0.15, 0.2) is 4.52 Å². The summed E-state index contributed by atoms with van der Waals surface area (Å²) in [7, 11) is 0. The van der Waals surface area contributed by atoms with Gasteiger partial charge in [0, 0.05) is 5.92 Å². The van der Waals surface area contributed by atoms with E-state index in [9.17, 15) is 0 Å². The summed E-state index contributed by atoms with van der Waals surface area (Å²) in [6.45, 7) is 4.45. The fourth-order valence-electron chi connectivity index (χ4n) is 1.82. The molecule has 1 unspecified atom stereocenters. The van der Waals surface area contributed by atoms with E-state index < -0.39 is 0 Å². The molecule has 2 N–H and O–H groups in total. The molecular formula is C11H19N3OS. The van der Waals surface area contributed by atoms with Gasteiger partial charge >= 0.3 is 0 Å². The van der Waals surface area contributed by atoms with Crippen LogP contribution in [0.1, 0.15) is 50.4 Å². The Hall–Kier alpha value is -0.550. The number of aromatic nitrogens is 2. The van der Waals surface area contributed by atoms with E-state index >= 15 is 0 Å². The monoisotopic (exact) mass is 241 g/mol. The van der Waals surface area contributed by atoms with Crippen LogP contribution < -0.4 is 5.73 Å². The maximum absolute atomic E-state index is 5.97. The van der Waals surface area contributed by atoms with Crippen LogP contribution in [-0.2, 0) is 0 Å². The summed E-state index contributed by atoms with van der Waals surface area (Å²) in [6.07, 6.45) is 4.10. The number of hydrogen-bond acceptors (Lipinski definition) is 5. The summed E-state index contributed by atoms with van der Waals surface area (Å²) >= 11 is 1.78. The Balaban J connectivity index is 1.97. The lowest BCUT2D eigenvalue weighted by molar-refractivity contribution is 0.348. The molecule has 1 aromatic rings. The van der Waals surface area contributed by atoms with Crippen molar-refractivity contribution in [2.24, 2.45) is 11.1 Å². The Morgan fingerprint density at radius 2 is 2.31 bits per heavy atom. The average molecular weight is 241 g/mol. The molecule has 0 amide bonds. The number of thioether (sulfide) groups is 1. The second-order valence-corrected chi connectivity index (χ2v) is 6.11. The molecule has 1 heterocycles. The van der Waals surface area contributed by atoms with Gasteiger partial charge in [0.1, 0.15) is 0 Å². The molecule has 1 fully saturated rings. The van der Waals surface area contributed by atoms with E-state index in [1.165, 1.54) is 0 Å². The summed E-state index contributed by atoms with van der Waals surface area (Å²) < 4.78 is 5.22. The van der Waals surface area contributed by atoms with Crippen molar-refractivity contribution in [2.75, 3.05) is 12.0 Å². The fraction of sp³-hybridized carbons (Fsp3) is 0.818. The standard InChI is InChI=1S/C11H19N3OS/c1-11(2)6-7(11)9-13-10(15-14-9)8(12)4-5-16-3/h7-8H,4-6,12H2,1-3H3/t7?,8-/m0/s1. The Morgan fingerprint density at radius 1 is 1.62 bits per heavy atom. The quantitative estimate of drug-likeness (QED) is 0.857. The minimum Gasteiger partial charge on any atom is -0.338 e. The largest absolute Gasteiger partial charge is 0.338 e. The van der Waals surface area contributed by atoms with Crippen LogP contribution in [0, 0.1) is 5.41 Å². The summed E-state index contributed by atoms with van der Waals surface area (Å²) in [5.41, 5.74) is 6.31. The van der Waals surface area contributed by atoms with Gasteiger partial charge in [-0.05, 0) is 30.3 Å². The minimum atomic E-state index is -0.115. The Kier molecular flexibility index (Phi) is 3.26. The van der Waals surface area contributed by atoms with Crippen LogP contribution in [0.3, 0.4) is 0 Å². The lowest BCUT2D eigenvalue weighted by Crippen LogP contribution is -2.11. The number of nitrogens with two attached hydrogens (primary N) is 1. The Labute approximate surface area is 100 Å². The zero-order valence-corrected chi connectivity index (χ0v) is 10.9. The van der Waals surface area contributed by atoms with Crippen molar-refractivity contribution in [3.63, 3.8) is 0 Å². The molecule has 2 rings (SSSR count). The van der Waals surface area contributed by atoms with Gasteiger partial charge in [-0.15, -0.1) is 0 Å². The van der Waals surface area contributed by atoms with Crippen molar-refractivity contribution in [3.8, 4) is 0 Å². The molecular weight excluding hydrogens is 222 g/mol. The maximum Gasteiger partial charge on any atom is 0.243 e. The fourth-order valence-corrected chi connectivity index (χ4v) is 2.31. The SMILES string of the molecule is CSCC[C@H](N)c1nc(C2CC2(C)C)no1. The van der Waals surface area contributed by atoms with Crippen LogP contribution in [0.2, 0.25) is 0 Å². The first-order chi connectivity index (χ1) is 7.54. The second kappa shape index (κ2) is 4.37. The predicted molar refractivity (Wildman–Crippen MR) is 65.4 cm³/mol. The second-order valence-electron chi connectivity index (χ2n) is 5.12. The van der Waals surface area contributed by atoms with Crippen molar-refractivity contribution in [3.05, 3.63) is 11.7 Å². The van der Waals surface area contributed by atoms with Gasteiger partial charge in [-0.25, -0.2) is 0 Å². The van der Waals surface area contributed by atoms with Crippen molar-refractivity contribution in [1.29, 1.82) is 0 Å². The highest BCUT2D eigenvalue weighted by atomic mass is 32.2. The van der Waals surface area contributed by atoms with Gasteiger partial charge in [0.05, 0.1) is 6.04 Å². The van der Waals surface area contributed by atoms with Crippen LogP contribution in [0.4, 0.5) is 0 Å². The van der Waals surface area contributed by atoms with Crippen molar-refractivity contribution < 1.29 is 4.52 Å². The topological polar surface area (TPSA) is 64.9 Å². The van der Waals surface area contributed by atoms with Crippen LogP contribution in [-0.4, -0.2) is 22.1 Å². The third-order valence-corrected chi connectivity index (χ3v) is 3.88. The van der Waals surface area contributed by atoms with Crippen LogP contribution in [0.5, 0.6) is 0 Å². The zero-order valence-electron chi connectivity index (χ0n) is 10.1. The minimum absolute atomic E-state index is 0.115. The van der Waals surface area contributed by atoms with E-state index in [0.717, 1.165) is 24.4 Å². The molecule has 0 radical (unpaired) electrons. The highest BCUT2D eigenvalue weighted by Crippen LogP contribution is 2.57. The van der Waals surface area contributed by atoms with Gasteiger partial charge in [0.2, 0.25) is 5.89 Å². The number of rotatable bonds is 5. The van der Waals surface area contributed by atoms with Gasteiger partial charge in [0.15, 0.2) is 5.82 Å². The molecule has 5 heteroatoms. The number of nitrogens with zero attached hydrogens (tertiary/aromatic N) is 2. The predicted octanol–water partition coefficient (Wildman–Crippen LogP) is 2.34. The molecule has 2 atom stereocenters. The smallest absolute Gasteiger partial charge is 0.243 e. The summed E-state index contributed by atoms with van der Waals surface area (Å²) in [6, 6.07) is -0.115. The molecule has 0 saturated heterocycles. The molecule has 0 spiro atoms. The molecule has 1 aliphatic carbocycles. The molecule has 1 saturated carbocycles. The van der Waals surface area contributed by atoms with E-state index in [1.807, 2.05) is 0 Å². The van der Waals surface area contributed by atoms with Gasteiger partial charge in [-0.1, -0.05) is 19.0 Å². The van der Waals surface area contributed by atoms with Gasteiger partial charge in [-0.2, -0.15) is 16.7 Å². The van der Waals surface area contributed by atoms with E-state index in [-0.39, 0.29) is 6.04 Å². The van der Waals surface area contributed by atoms with E-state index in [4.69, 9.17) is 10.3 Å². The van der Waals surface area contributed by atoms with E-state index in [0.29, 0.717) is 17.2 Å². The third kappa shape index (κ3) is 2.40. The van der Waals surface area contributed by atoms with Gasteiger partial charge in [0.25, 0.3) is 0 Å². The van der Waals surface area contributed by atoms with Crippen molar-refractivity contribution in [2.45, 2.75) is 38.6 Å². The molecule has 0 aliphatic heterocycles. The summed E-state index contributed by atoms with van der Waals surface area (Å²) in [5.74, 6) is 2.90. The molecule has 4 nitrogen and oxygen atoms in total. The van der Waals surface area contributed by atoms with Crippen LogP contribution >= 0.6 is 11.8 Å². The first-order valence-electron chi connectivity index (χ1n) is 5.62. The molecule has 0 aromatic carbocycles. The molecule has 1 aliphatic rings. The molecule has 0 bridgehead atoms. The first kappa shape index (κ1) is 11.9. The highest BCUT2D eigenvalue weighted by Gasteiger charge is 2.49.